The molecule has 1 fully saturated rings. The second-order valence-electron chi connectivity index (χ2n) is 9.57. The van der Waals surface area contributed by atoms with E-state index in [4.69, 9.17) is 24.5 Å². The largest absolute Gasteiger partial charge is 0.493 e. The van der Waals surface area contributed by atoms with Gasteiger partial charge >= 0.3 is 0 Å². The fourth-order valence-corrected chi connectivity index (χ4v) is 4.47. The van der Waals surface area contributed by atoms with Crippen molar-refractivity contribution in [3.05, 3.63) is 53.7 Å². The van der Waals surface area contributed by atoms with E-state index in [1.54, 1.807) is 26.6 Å². The van der Waals surface area contributed by atoms with Gasteiger partial charge in [-0.15, -0.1) is 5.10 Å². The van der Waals surface area contributed by atoms with E-state index in [0.717, 1.165) is 39.8 Å². The predicted molar refractivity (Wildman–Crippen MR) is 137 cm³/mol. The lowest BCUT2D eigenvalue weighted by Crippen LogP contribution is -2.09. The summed E-state index contributed by atoms with van der Waals surface area (Å²) in [6.45, 7) is 6.53. The van der Waals surface area contributed by atoms with E-state index in [0.29, 0.717) is 29.6 Å². The summed E-state index contributed by atoms with van der Waals surface area (Å²) >= 11 is 0. The molecular formula is C27H32N6O2. The quantitative estimate of drug-likeness (QED) is 0.355. The van der Waals surface area contributed by atoms with Crippen LogP contribution in [0.15, 0.2) is 36.7 Å². The zero-order valence-electron chi connectivity index (χ0n) is 21.0. The number of methoxy groups -OCH3 is 2. The van der Waals surface area contributed by atoms with Gasteiger partial charge in [0.1, 0.15) is 11.3 Å². The van der Waals surface area contributed by atoms with E-state index >= 15 is 0 Å². The van der Waals surface area contributed by atoms with Gasteiger partial charge in [-0.3, -0.25) is 4.98 Å². The summed E-state index contributed by atoms with van der Waals surface area (Å²) in [4.78, 5) is 14.0. The number of ether oxygens (including phenoxy) is 2. The molecule has 0 amide bonds. The molecule has 35 heavy (non-hydrogen) atoms. The summed E-state index contributed by atoms with van der Waals surface area (Å²) in [6.07, 6.45) is 8.55. The molecule has 182 valence electrons. The molecule has 1 aliphatic carbocycles. The monoisotopic (exact) mass is 472 g/mol. The zero-order valence-corrected chi connectivity index (χ0v) is 21.0. The van der Waals surface area contributed by atoms with Gasteiger partial charge in [0.2, 0.25) is 0 Å². The molecule has 8 nitrogen and oxygen atoms in total. The summed E-state index contributed by atoms with van der Waals surface area (Å²) in [5.74, 6) is 4.82. The number of rotatable bonds is 4. The minimum absolute atomic E-state index is 0.191. The molecule has 8 heteroatoms. The predicted octanol–water partition coefficient (Wildman–Crippen LogP) is 5.78. The number of nitrogens with zero attached hydrogens (tertiary/aromatic N) is 5. The molecule has 0 spiro atoms. The Hall–Kier alpha value is -3.68. The highest BCUT2D eigenvalue weighted by atomic mass is 16.5. The first-order valence-electron chi connectivity index (χ1n) is 12.2. The van der Waals surface area contributed by atoms with Crippen molar-refractivity contribution in [2.75, 3.05) is 19.5 Å². The number of fused-ring (bicyclic) bond motifs is 2. The Labute approximate surface area is 205 Å². The van der Waals surface area contributed by atoms with Crippen LogP contribution >= 0.6 is 0 Å². The second-order valence-corrected chi connectivity index (χ2v) is 9.57. The number of hydrogen-bond acceptors (Lipinski definition) is 7. The van der Waals surface area contributed by atoms with Gasteiger partial charge in [0, 0.05) is 47.6 Å². The molecule has 1 aliphatic heterocycles. The third kappa shape index (κ3) is 4.40. The van der Waals surface area contributed by atoms with Gasteiger partial charge in [-0.1, -0.05) is 40.0 Å². The molecular weight excluding hydrogens is 440 g/mol. The first-order chi connectivity index (χ1) is 17.0. The van der Waals surface area contributed by atoms with E-state index in [2.05, 4.69) is 37.1 Å². The topological polar surface area (TPSA) is 86.5 Å². The fourth-order valence-electron chi connectivity index (χ4n) is 4.47. The lowest BCUT2D eigenvalue weighted by atomic mass is 9.88. The van der Waals surface area contributed by atoms with E-state index < -0.39 is 0 Å². The SMILES string of the molecule is CC1CCC1.COc1cc2cc(c1OC)Cc1nc(C(C)C)n3nc(-c4cccnc4)nc(c13)N2. The van der Waals surface area contributed by atoms with E-state index in [9.17, 15) is 0 Å². The summed E-state index contributed by atoms with van der Waals surface area (Å²) in [6, 6.07) is 7.79. The molecule has 2 bridgehead atoms. The normalized spacial score (nSPS) is 14.3. The minimum Gasteiger partial charge on any atom is -0.493 e. The van der Waals surface area contributed by atoms with Crippen molar-refractivity contribution in [3.63, 3.8) is 0 Å². The molecule has 0 unspecified atom stereocenters. The number of hydrogen-bond donors (Lipinski definition) is 1. The first-order valence-corrected chi connectivity index (χ1v) is 12.2. The van der Waals surface area contributed by atoms with E-state index in [1.807, 2.05) is 22.7 Å². The van der Waals surface area contributed by atoms with Crippen LogP contribution in [-0.2, 0) is 6.42 Å². The fraction of sp³-hybridized carbons (Fsp3) is 0.407. The van der Waals surface area contributed by atoms with Crippen LogP contribution in [0.4, 0.5) is 11.5 Å². The lowest BCUT2D eigenvalue weighted by Gasteiger charge is -2.18. The maximum absolute atomic E-state index is 5.63. The molecule has 0 radical (unpaired) electrons. The van der Waals surface area contributed by atoms with Gasteiger partial charge in [-0.25, -0.2) is 14.5 Å². The molecule has 4 aromatic rings. The second kappa shape index (κ2) is 9.52. The van der Waals surface area contributed by atoms with E-state index in [-0.39, 0.29) is 5.92 Å². The smallest absolute Gasteiger partial charge is 0.183 e. The molecule has 1 aromatic carbocycles. The van der Waals surface area contributed by atoms with Gasteiger partial charge < -0.3 is 14.8 Å². The number of anilines is 2. The van der Waals surface area contributed by atoms with E-state index in [1.165, 1.54) is 19.3 Å². The van der Waals surface area contributed by atoms with Crippen molar-refractivity contribution in [1.82, 2.24) is 24.6 Å². The average molecular weight is 473 g/mol. The van der Waals surface area contributed by atoms with Crippen LogP contribution in [-0.4, -0.2) is 38.8 Å². The number of imidazole rings is 1. The summed E-state index contributed by atoms with van der Waals surface area (Å²) in [5.41, 5.74) is 4.49. The van der Waals surface area contributed by atoms with Crippen LogP contribution in [0.2, 0.25) is 0 Å². The van der Waals surface area contributed by atoms with Gasteiger partial charge in [0.05, 0.1) is 19.9 Å². The van der Waals surface area contributed by atoms with Crippen LogP contribution in [0.25, 0.3) is 16.9 Å². The Morgan fingerprint density at radius 3 is 2.51 bits per heavy atom. The number of nitrogens with one attached hydrogen (secondary N) is 1. The van der Waals surface area contributed by atoms with Crippen molar-refractivity contribution in [1.29, 1.82) is 0 Å². The Morgan fingerprint density at radius 2 is 1.91 bits per heavy atom. The zero-order chi connectivity index (χ0) is 24.5. The van der Waals surface area contributed by atoms with Crippen LogP contribution in [0.1, 0.15) is 63.0 Å². The molecule has 1 N–H and O–H groups in total. The Morgan fingerprint density at radius 1 is 1.11 bits per heavy atom. The van der Waals surface area contributed by atoms with Crippen LogP contribution in [0, 0.1) is 5.92 Å². The van der Waals surface area contributed by atoms with Gasteiger partial charge in [0.15, 0.2) is 23.1 Å². The third-order valence-electron chi connectivity index (χ3n) is 6.59. The molecule has 6 rings (SSSR count). The molecule has 2 aliphatic rings. The highest BCUT2D eigenvalue weighted by molar-refractivity contribution is 5.80. The van der Waals surface area contributed by atoms with Gasteiger partial charge in [0.25, 0.3) is 0 Å². The van der Waals surface area contributed by atoms with Gasteiger partial charge in [-0.2, -0.15) is 0 Å². The first kappa shape index (κ1) is 23.1. The maximum atomic E-state index is 5.63. The van der Waals surface area contributed by atoms with Crippen molar-refractivity contribution >= 4 is 17.0 Å². The molecule has 0 saturated heterocycles. The average Bonchev–Trinajstić information content (AvgIpc) is 3.21. The van der Waals surface area contributed by atoms with Crippen molar-refractivity contribution in [3.8, 4) is 22.9 Å². The van der Waals surface area contributed by atoms with Crippen LogP contribution in [0.5, 0.6) is 11.5 Å². The molecule has 3 aromatic heterocycles. The number of aromatic nitrogens is 5. The third-order valence-corrected chi connectivity index (χ3v) is 6.59. The number of pyridine rings is 1. The van der Waals surface area contributed by atoms with Crippen molar-refractivity contribution in [2.24, 2.45) is 5.92 Å². The van der Waals surface area contributed by atoms with Crippen molar-refractivity contribution in [2.45, 2.75) is 52.4 Å². The Kier molecular flexibility index (Phi) is 6.28. The Bertz CT molecular complexity index is 1350. The lowest BCUT2D eigenvalue weighted by molar-refractivity contribution is 0.346. The van der Waals surface area contributed by atoms with Crippen molar-refractivity contribution < 1.29 is 9.47 Å². The summed E-state index contributed by atoms with van der Waals surface area (Å²) in [7, 11) is 3.29. The highest BCUT2D eigenvalue weighted by Crippen LogP contribution is 2.40. The summed E-state index contributed by atoms with van der Waals surface area (Å²) in [5, 5.41) is 8.27. The van der Waals surface area contributed by atoms with Gasteiger partial charge in [-0.05, 0) is 24.1 Å². The maximum Gasteiger partial charge on any atom is 0.183 e. The molecule has 0 atom stereocenters. The number of benzene rings is 1. The minimum atomic E-state index is 0.191. The highest BCUT2D eigenvalue weighted by Gasteiger charge is 2.25. The summed E-state index contributed by atoms with van der Waals surface area (Å²) < 4.78 is 13.1. The Balaban J connectivity index is 0.000000453. The standard InChI is InChI=1S/C22H22N6O2.C5H10/c1-12(2)22-25-16-9-14-8-15(10-17(29-3)19(14)30-4)24-21-18(16)28(22)27-20(26-21)13-6-5-7-23-11-13;1-5-3-2-4-5/h5-8,10-12H,9H2,1-4H3,(H,24,26,27);5H,2-4H2,1H3. The molecule has 1 saturated carbocycles. The molecule has 4 heterocycles. The van der Waals surface area contributed by atoms with Crippen LogP contribution in [0.3, 0.4) is 0 Å². The van der Waals surface area contributed by atoms with Crippen LogP contribution < -0.4 is 14.8 Å².